The minimum Gasteiger partial charge on any atom is -0.478 e. The predicted molar refractivity (Wildman–Crippen MR) is 108 cm³/mol. The fourth-order valence-electron chi connectivity index (χ4n) is 2.36. The molecule has 0 fully saturated rings. The minimum atomic E-state index is -1.01. The number of carbonyl (C=O) groups is 2. The van der Waals surface area contributed by atoms with Crippen LogP contribution >= 0.6 is 11.3 Å². The van der Waals surface area contributed by atoms with Gasteiger partial charge in [0.25, 0.3) is 0 Å². The lowest BCUT2D eigenvalue weighted by Gasteiger charge is -2.18. The molecule has 0 saturated carbocycles. The van der Waals surface area contributed by atoms with Gasteiger partial charge in [-0.05, 0) is 24.6 Å². The van der Waals surface area contributed by atoms with Crippen LogP contribution in [0.25, 0.3) is 16.8 Å². The molecule has 0 unspecified atom stereocenters. The number of nitrogens with zero attached hydrogens (tertiary/aromatic N) is 3. The summed E-state index contributed by atoms with van der Waals surface area (Å²) in [6.07, 6.45) is 10.2. The molecule has 2 aromatic rings. The number of hydrogen-bond donors (Lipinski definition) is 2. The smallest absolute Gasteiger partial charge is 0.328 e. The predicted octanol–water partition coefficient (Wildman–Crippen LogP) is 4.03. The molecule has 0 saturated heterocycles. The van der Waals surface area contributed by atoms with E-state index in [1.807, 2.05) is 0 Å². The Morgan fingerprint density at radius 1 is 1.30 bits per heavy atom. The molecular formula is C19H24N4O3S. The van der Waals surface area contributed by atoms with Crippen LogP contribution in [-0.2, 0) is 4.79 Å². The van der Waals surface area contributed by atoms with E-state index in [0.717, 1.165) is 30.2 Å². The molecule has 0 spiro atoms. The van der Waals surface area contributed by atoms with Gasteiger partial charge in [0.05, 0.1) is 0 Å². The number of thiazole rings is 1. The lowest BCUT2D eigenvalue weighted by molar-refractivity contribution is -0.131. The van der Waals surface area contributed by atoms with Crippen LogP contribution in [0.5, 0.6) is 0 Å². The number of carbonyl (C=O) groups excluding carboxylic acids is 1. The molecule has 2 rings (SSSR count). The highest BCUT2D eigenvalue weighted by Gasteiger charge is 2.13. The number of rotatable bonds is 9. The summed E-state index contributed by atoms with van der Waals surface area (Å²) in [5.41, 5.74) is 1.35. The number of carboxylic acid groups (broad SMARTS) is 1. The van der Waals surface area contributed by atoms with E-state index >= 15 is 0 Å². The second-order valence-electron chi connectivity index (χ2n) is 5.99. The summed E-state index contributed by atoms with van der Waals surface area (Å²) in [5, 5.41) is 12.3. The Morgan fingerprint density at radius 2 is 2.11 bits per heavy atom. The van der Waals surface area contributed by atoms with Gasteiger partial charge in [-0.1, -0.05) is 26.2 Å². The van der Waals surface area contributed by atoms with Crippen LogP contribution in [0.1, 0.15) is 37.5 Å². The van der Waals surface area contributed by atoms with Gasteiger partial charge in [0.1, 0.15) is 10.7 Å². The fourth-order valence-corrected chi connectivity index (χ4v) is 3.15. The first-order chi connectivity index (χ1) is 13.0. The van der Waals surface area contributed by atoms with E-state index in [1.165, 1.54) is 23.8 Å². The second-order valence-corrected chi connectivity index (χ2v) is 7.05. The Bertz CT molecular complexity index is 804. The molecule has 0 radical (unpaired) electrons. The van der Waals surface area contributed by atoms with E-state index in [2.05, 4.69) is 22.2 Å². The van der Waals surface area contributed by atoms with Crippen LogP contribution in [0.2, 0.25) is 0 Å². The van der Waals surface area contributed by atoms with E-state index in [4.69, 9.17) is 5.11 Å². The zero-order valence-electron chi connectivity index (χ0n) is 15.5. The average molecular weight is 388 g/mol. The van der Waals surface area contributed by atoms with Gasteiger partial charge >= 0.3 is 12.0 Å². The Balaban J connectivity index is 2.02. The first-order valence-corrected chi connectivity index (χ1v) is 9.67. The number of pyridine rings is 1. The number of unbranched alkanes of at least 4 members (excludes halogenated alkanes) is 3. The second kappa shape index (κ2) is 10.4. The Labute approximate surface area is 162 Å². The standard InChI is InChI=1S/C19H24N4O3S/c1-3-4-5-6-10-21-19(26)23(2)14-9-11-20-16(12-14)18-22-13-15(27-18)7-8-17(24)25/h7-9,11-13H,3-6,10H2,1-2H3,(H,21,26)(H,24,25). The highest BCUT2D eigenvalue weighted by molar-refractivity contribution is 7.15. The first-order valence-electron chi connectivity index (χ1n) is 8.86. The molecular weight excluding hydrogens is 364 g/mol. The molecule has 0 bridgehead atoms. The number of aliphatic carboxylic acids is 1. The van der Waals surface area contributed by atoms with E-state index < -0.39 is 5.97 Å². The molecule has 144 valence electrons. The normalized spacial score (nSPS) is 10.9. The highest BCUT2D eigenvalue weighted by Crippen LogP contribution is 2.27. The van der Waals surface area contributed by atoms with Crippen molar-refractivity contribution in [2.45, 2.75) is 32.6 Å². The number of carboxylic acids is 1. The van der Waals surface area contributed by atoms with Gasteiger partial charge in [-0.3, -0.25) is 9.88 Å². The van der Waals surface area contributed by atoms with Crippen molar-refractivity contribution in [3.8, 4) is 10.7 Å². The van der Waals surface area contributed by atoms with Crippen molar-refractivity contribution >= 4 is 35.1 Å². The minimum absolute atomic E-state index is 0.159. The van der Waals surface area contributed by atoms with Gasteiger partial charge in [-0.2, -0.15) is 0 Å². The quantitative estimate of drug-likeness (QED) is 0.499. The Hall–Kier alpha value is -2.74. The van der Waals surface area contributed by atoms with Crippen molar-refractivity contribution in [2.75, 3.05) is 18.5 Å². The van der Waals surface area contributed by atoms with Gasteiger partial charge in [-0.25, -0.2) is 14.6 Å². The third-order valence-corrected chi connectivity index (χ3v) is 4.86. The molecule has 0 aliphatic heterocycles. The molecule has 0 aliphatic carbocycles. The maximum Gasteiger partial charge on any atom is 0.328 e. The van der Waals surface area contributed by atoms with E-state index in [-0.39, 0.29) is 6.03 Å². The third-order valence-electron chi connectivity index (χ3n) is 3.87. The molecule has 0 aromatic carbocycles. The van der Waals surface area contributed by atoms with Gasteiger partial charge < -0.3 is 10.4 Å². The van der Waals surface area contributed by atoms with Crippen LogP contribution in [0.3, 0.4) is 0 Å². The van der Waals surface area contributed by atoms with E-state index in [1.54, 1.807) is 36.5 Å². The van der Waals surface area contributed by atoms with Crippen LogP contribution in [0.4, 0.5) is 10.5 Å². The molecule has 2 heterocycles. The van der Waals surface area contributed by atoms with Crippen molar-refractivity contribution in [2.24, 2.45) is 0 Å². The van der Waals surface area contributed by atoms with Crippen molar-refractivity contribution < 1.29 is 14.7 Å². The molecule has 0 atom stereocenters. The van der Waals surface area contributed by atoms with Crippen LogP contribution in [0, 0.1) is 0 Å². The molecule has 27 heavy (non-hydrogen) atoms. The van der Waals surface area contributed by atoms with E-state index in [0.29, 0.717) is 22.9 Å². The number of amides is 2. The summed E-state index contributed by atoms with van der Waals surface area (Å²) in [6, 6.07) is 3.40. The van der Waals surface area contributed by atoms with Crippen molar-refractivity contribution in [1.29, 1.82) is 0 Å². The molecule has 2 aromatic heterocycles. The first kappa shape index (κ1) is 20.6. The molecule has 2 amide bonds. The number of anilines is 1. The van der Waals surface area contributed by atoms with Crippen molar-refractivity contribution in [3.63, 3.8) is 0 Å². The summed E-state index contributed by atoms with van der Waals surface area (Å²) in [7, 11) is 1.71. The van der Waals surface area contributed by atoms with Crippen molar-refractivity contribution in [3.05, 3.63) is 35.5 Å². The average Bonchev–Trinajstić information content (AvgIpc) is 3.14. The summed E-state index contributed by atoms with van der Waals surface area (Å²) in [4.78, 5) is 33.7. The summed E-state index contributed by atoms with van der Waals surface area (Å²) in [6.45, 7) is 2.81. The fraction of sp³-hybridized carbons (Fsp3) is 0.368. The largest absolute Gasteiger partial charge is 0.478 e. The zero-order chi connectivity index (χ0) is 19.6. The maximum atomic E-state index is 12.3. The van der Waals surface area contributed by atoms with Crippen LogP contribution < -0.4 is 10.2 Å². The number of nitrogens with one attached hydrogen (secondary N) is 1. The third kappa shape index (κ3) is 6.49. The van der Waals surface area contributed by atoms with E-state index in [9.17, 15) is 9.59 Å². The van der Waals surface area contributed by atoms with Gasteiger partial charge in [0.15, 0.2) is 0 Å². The Morgan fingerprint density at radius 3 is 2.85 bits per heavy atom. The zero-order valence-corrected chi connectivity index (χ0v) is 16.3. The summed E-state index contributed by atoms with van der Waals surface area (Å²) >= 11 is 1.34. The van der Waals surface area contributed by atoms with Gasteiger partial charge in [0.2, 0.25) is 0 Å². The van der Waals surface area contributed by atoms with Gasteiger partial charge in [0, 0.05) is 42.6 Å². The van der Waals surface area contributed by atoms with Gasteiger partial charge in [-0.15, -0.1) is 11.3 Å². The topological polar surface area (TPSA) is 95.4 Å². The van der Waals surface area contributed by atoms with Crippen LogP contribution in [0.15, 0.2) is 30.6 Å². The molecule has 8 heteroatoms. The summed E-state index contributed by atoms with van der Waals surface area (Å²) < 4.78 is 0. The highest BCUT2D eigenvalue weighted by atomic mass is 32.1. The lowest BCUT2D eigenvalue weighted by atomic mass is 10.2. The Kier molecular flexibility index (Phi) is 7.94. The number of aromatic nitrogens is 2. The molecule has 0 aliphatic rings. The number of urea groups is 1. The lowest BCUT2D eigenvalue weighted by Crippen LogP contribution is -2.37. The monoisotopic (exact) mass is 388 g/mol. The SMILES string of the molecule is CCCCCCNC(=O)N(C)c1ccnc(-c2ncc(C=CC(=O)O)s2)c1. The summed E-state index contributed by atoms with van der Waals surface area (Å²) in [5.74, 6) is -1.01. The maximum absolute atomic E-state index is 12.3. The number of hydrogen-bond acceptors (Lipinski definition) is 5. The van der Waals surface area contributed by atoms with Crippen molar-refractivity contribution in [1.82, 2.24) is 15.3 Å². The molecule has 7 nitrogen and oxygen atoms in total. The molecule has 2 N–H and O–H groups in total. The van der Waals surface area contributed by atoms with Crippen LogP contribution in [-0.4, -0.2) is 40.7 Å².